The van der Waals surface area contributed by atoms with Gasteiger partial charge in [-0.2, -0.15) is 5.26 Å². The number of nitrogens with zero attached hydrogens (tertiary/aromatic N) is 4. The zero-order chi connectivity index (χ0) is 21.8. The largest absolute Gasteiger partial charge is 0.454 e. The molecular weight excluding hydrogens is 424 g/mol. The van der Waals surface area contributed by atoms with E-state index in [1.165, 1.54) is 18.7 Å². The molecule has 0 saturated carbocycles. The van der Waals surface area contributed by atoms with Gasteiger partial charge < -0.3 is 10.1 Å². The molecule has 0 radical (unpaired) electrons. The van der Waals surface area contributed by atoms with Crippen LogP contribution in [0.15, 0.2) is 55.1 Å². The third-order valence-corrected chi connectivity index (χ3v) is 4.81. The highest BCUT2D eigenvalue weighted by Crippen LogP contribution is 2.29. The number of fused-ring (bicyclic) bond motifs is 1. The predicted octanol–water partition coefficient (Wildman–Crippen LogP) is 5.27. The minimum Gasteiger partial charge on any atom is -0.454 e. The maximum Gasteiger partial charge on any atom is 0.164 e. The van der Waals surface area contributed by atoms with Crippen LogP contribution >= 0.6 is 11.6 Å². The van der Waals surface area contributed by atoms with Crippen LogP contribution in [0.1, 0.15) is 11.1 Å². The smallest absolute Gasteiger partial charge is 0.164 e. The van der Waals surface area contributed by atoms with Crippen LogP contribution in [-0.4, -0.2) is 21.5 Å². The molecule has 0 spiro atoms. The van der Waals surface area contributed by atoms with E-state index in [9.17, 15) is 14.0 Å². The van der Waals surface area contributed by atoms with Crippen molar-refractivity contribution in [1.29, 1.82) is 5.26 Å². The molecule has 0 saturated heterocycles. The summed E-state index contributed by atoms with van der Waals surface area (Å²) in [7, 11) is 0. The second kappa shape index (κ2) is 8.90. The highest BCUT2D eigenvalue weighted by atomic mass is 35.5. The van der Waals surface area contributed by atoms with Crippen molar-refractivity contribution in [2.45, 2.75) is 6.42 Å². The maximum absolute atomic E-state index is 14.1. The molecule has 0 aliphatic rings. The summed E-state index contributed by atoms with van der Waals surface area (Å²) in [5.74, 6) is -0.162. The van der Waals surface area contributed by atoms with Crippen molar-refractivity contribution >= 4 is 28.3 Å². The van der Waals surface area contributed by atoms with Crippen LogP contribution in [-0.2, 0) is 6.42 Å². The molecule has 0 fully saturated rings. The summed E-state index contributed by atoms with van der Waals surface area (Å²) >= 11 is 5.96. The first-order valence-corrected chi connectivity index (χ1v) is 9.57. The van der Waals surface area contributed by atoms with Gasteiger partial charge in [0.25, 0.3) is 0 Å². The number of ether oxygens (including phenoxy) is 1. The van der Waals surface area contributed by atoms with Gasteiger partial charge in [0.1, 0.15) is 46.7 Å². The molecule has 4 aromatic rings. The molecule has 0 aliphatic carbocycles. The zero-order valence-electron chi connectivity index (χ0n) is 15.9. The lowest BCUT2D eigenvalue weighted by atomic mass is 10.1. The summed E-state index contributed by atoms with van der Waals surface area (Å²) < 4.78 is 33.7. The van der Waals surface area contributed by atoms with Gasteiger partial charge in [0.05, 0.1) is 16.6 Å². The first-order valence-electron chi connectivity index (χ1n) is 9.20. The van der Waals surface area contributed by atoms with Gasteiger partial charge in [0.15, 0.2) is 5.75 Å². The summed E-state index contributed by atoms with van der Waals surface area (Å²) in [6, 6.07) is 11.3. The minimum atomic E-state index is -0.605. The fraction of sp³-hybridized carbons (Fsp3) is 0.0909. The van der Waals surface area contributed by atoms with Crippen LogP contribution in [0.25, 0.3) is 10.9 Å². The second-order valence-corrected chi connectivity index (χ2v) is 6.91. The normalized spacial score (nSPS) is 10.6. The molecule has 0 atom stereocenters. The van der Waals surface area contributed by atoms with Crippen LogP contribution in [0.4, 0.5) is 14.6 Å². The molecule has 2 aromatic carbocycles. The van der Waals surface area contributed by atoms with E-state index in [4.69, 9.17) is 16.3 Å². The first-order chi connectivity index (χ1) is 15.1. The summed E-state index contributed by atoms with van der Waals surface area (Å²) in [6.45, 7) is 0.444. The number of nitriles is 1. The molecule has 154 valence electrons. The monoisotopic (exact) mass is 437 g/mol. The number of anilines is 1. The molecule has 0 amide bonds. The van der Waals surface area contributed by atoms with Crippen molar-refractivity contribution < 1.29 is 13.5 Å². The Bertz CT molecular complexity index is 1290. The zero-order valence-corrected chi connectivity index (χ0v) is 16.7. The van der Waals surface area contributed by atoms with E-state index in [1.54, 1.807) is 12.1 Å². The Labute approximate surface area is 181 Å². The number of hydrogen-bond donors (Lipinski definition) is 1. The van der Waals surface area contributed by atoms with Gasteiger partial charge >= 0.3 is 0 Å². The number of pyridine rings is 1. The highest BCUT2D eigenvalue weighted by molar-refractivity contribution is 6.31. The summed E-state index contributed by atoms with van der Waals surface area (Å²) in [6.07, 6.45) is 4.60. The molecule has 0 aliphatic heterocycles. The van der Waals surface area contributed by atoms with Crippen molar-refractivity contribution in [2.24, 2.45) is 0 Å². The molecule has 2 aromatic heterocycles. The van der Waals surface area contributed by atoms with Gasteiger partial charge in [-0.1, -0.05) is 23.7 Å². The minimum absolute atomic E-state index is 0.0228. The summed E-state index contributed by atoms with van der Waals surface area (Å²) in [5, 5.41) is 12.5. The van der Waals surface area contributed by atoms with Crippen molar-refractivity contribution in [3.8, 4) is 17.6 Å². The van der Waals surface area contributed by atoms with E-state index in [0.29, 0.717) is 18.7 Å². The fourth-order valence-electron chi connectivity index (χ4n) is 3.01. The van der Waals surface area contributed by atoms with Gasteiger partial charge in [0.2, 0.25) is 0 Å². The molecule has 4 rings (SSSR count). The molecular formula is C22H14ClF2N5O. The van der Waals surface area contributed by atoms with Crippen molar-refractivity contribution in [3.63, 3.8) is 0 Å². The SMILES string of the molecule is N#Cc1c(Cl)cncc1Oc1ccc(CCNc2ncnc3c(F)ccc(F)c23)cc1. The molecule has 31 heavy (non-hydrogen) atoms. The average molecular weight is 438 g/mol. The Morgan fingerprint density at radius 1 is 1.03 bits per heavy atom. The Hall–Kier alpha value is -3.83. The Balaban J connectivity index is 1.42. The molecule has 9 heteroatoms. The quantitative estimate of drug-likeness (QED) is 0.442. The Kier molecular flexibility index (Phi) is 5.87. The number of benzene rings is 2. The lowest BCUT2D eigenvalue weighted by Crippen LogP contribution is -2.08. The van der Waals surface area contributed by atoms with Crippen LogP contribution in [0.2, 0.25) is 5.02 Å². The van der Waals surface area contributed by atoms with E-state index in [-0.39, 0.29) is 33.1 Å². The topological polar surface area (TPSA) is 83.7 Å². The first kappa shape index (κ1) is 20.4. The van der Waals surface area contributed by atoms with Crippen LogP contribution < -0.4 is 10.1 Å². The standard InChI is InChI=1S/C22H14ClF2N5O/c23-16-10-27-11-19(15(16)9-26)31-14-3-1-13(2-4-14)7-8-28-22-20-17(24)5-6-18(25)21(20)29-12-30-22/h1-6,10-12H,7-8H2,(H,28,29,30). The summed E-state index contributed by atoms with van der Waals surface area (Å²) in [4.78, 5) is 11.8. The maximum atomic E-state index is 14.1. The van der Waals surface area contributed by atoms with Crippen LogP contribution in [0, 0.1) is 23.0 Å². The molecule has 0 unspecified atom stereocenters. The van der Waals surface area contributed by atoms with Gasteiger partial charge in [-0.15, -0.1) is 0 Å². The van der Waals surface area contributed by atoms with E-state index in [2.05, 4.69) is 20.3 Å². The number of nitrogens with one attached hydrogen (secondary N) is 1. The number of hydrogen-bond acceptors (Lipinski definition) is 6. The number of halogens is 3. The van der Waals surface area contributed by atoms with E-state index in [1.807, 2.05) is 18.2 Å². The van der Waals surface area contributed by atoms with Gasteiger partial charge in [-0.05, 0) is 36.2 Å². The van der Waals surface area contributed by atoms with Gasteiger partial charge in [-0.3, -0.25) is 4.98 Å². The van der Waals surface area contributed by atoms with Crippen molar-refractivity contribution in [2.75, 3.05) is 11.9 Å². The third kappa shape index (κ3) is 4.37. The van der Waals surface area contributed by atoms with E-state index >= 15 is 0 Å². The predicted molar refractivity (Wildman–Crippen MR) is 112 cm³/mol. The second-order valence-electron chi connectivity index (χ2n) is 6.50. The van der Waals surface area contributed by atoms with Crippen LogP contribution in [0.5, 0.6) is 11.5 Å². The van der Waals surface area contributed by atoms with Crippen molar-refractivity contribution in [1.82, 2.24) is 15.0 Å². The summed E-state index contributed by atoms with van der Waals surface area (Å²) in [5.41, 5.74) is 1.13. The number of aromatic nitrogens is 3. The Morgan fingerprint density at radius 3 is 2.58 bits per heavy atom. The molecule has 2 heterocycles. The lowest BCUT2D eigenvalue weighted by molar-refractivity contribution is 0.478. The number of rotatable bonds is 6. The Morgan fingerprint density at radius 2 is 1.81 bits per heavy atom. The molecule has 6 nitrogen and oxygen atoms in total. The van der Waals surface area contributed by atoms with Crippen molar-refractivity contribution in [3.05, 3.63) is 82.9 Å². The van der Waals surface area contributed by atoms with Crippen LogP contribution in [0.3, 0.4) is 0 Å². The van der Waals surface area contributed by atoms with Gasteiger partial charge in [0, 0.05) is 12.7 Å². The molecule has 0 bridgehead atoms. The molecule has 1 N–H and O–H groups in total. The van der Waals surface area contributed by atoms with E-state index in [0.717, 1.165) is 17.7 Å². The fourth-order valence-corrected chi connectivity index (χ4v) is 3.21. The average Bonchev–Trinajstić information content (AvgIpc) is 2.78. The highest BCUT2D eigenvalue weighted by Gasteiger charge is 2.13. The third-order valence-electron chi connectivity index (χ3n) is 4.52. The van der Waals surface area contributed by atoms with E-state index < -0.39 is 11.6 Å². The lowest BCUT2D eigenvalue weighted by Gasteiger charge is -2.10. The van der Waals surface area contributed by atoms with Gasteiger partial charge in [-0.25, -0.2) is 18.7 Å².